The van der Waals surface area contributed by atoms with Gasteiger partial charge in [0.05, 0.1) is 22.7 Å². The predicted octanol–water partition coefficient (Wildman–Crippen LogP) is 1.76. The molecule has 0 aromatic carbocycles. The maximum atomic E-state index is 9.57. The van der Waals surface area contributed by atoms with Crippen molar-refractivity contribution in [3.63, 3.8) is 0 Å². The SMILES string of the molecule is CCN1CCN(C2=NC=NC(/C(C#N)=C3/NC(C)=CS3)C2)CC1. The number of piperazine rings is 1. The van der Waals surface area contributed by atoms with Crippen molar-refractivity contribution in [1.29, 1.82) is 5.26 Å². The van der Waals surface area contributed by atoms with Crippen LogP contribution in [0.2, 0.25) is 0 Å². The first-order valence-corrected chi connectivity index (χ1v) is 8.89. The molecule has 3 aliphatic heterocycles. The number of nitriles is 1. The molecule has 0 amide bonds. The van der Waals surface area contributed by atoms with Crippen LogP contribution in [-0.2, 0) is 0 Å². The average molecular weight is 330 g/mol. The van der Waals surface area contributed by atoms with E-state index in [0.717, 1.165) is 49.3 Å². The normalized spacial score (nSPS) is 27.2. The first kappa shape index (κ1) is 16.1. The molecule has 122 valence electrons. The molecule has 23 heavy (non-hydrogen) atoms. The summed E-state index contributed by atoms with van der Waals surface area (Å²) in [4.78, 5) is 13.7. The number of rotatable bonds is 2. The summed E-state index contributed by atoms with van der Waals surface area (Å²) >= 11 is 1.57. The van der Waals surface area contributed by atoms with Crippen molar-refractivity contribution in [2.45, 2.75) is 26.3 Å². The maximum Gasteiger partial charge on any atom is 0.112 e. The number of nitrogens with one attached hydrogen (secondary N) is 1. The lowest BCUT2D eigenvalue weighted by molar-refractivity contribution is 0.188. The van der Waals surface area contributed by atoms with Crippen molar-refractivity contribution < 1.29 is 0 Å². The average Bonchev–Trinajstić information content (AvgIpc) is 3.02. The molecule has 1 saturated heterocycles. The maximum absolute atomic E-state index is 9.57. The first-order valence-electron chi connectivity index (χ1n) is 8.01. The molecule has 3 heterocycles. The smallest absolute Gasteiger partial charge is 0.112 e. The number of thioether (sulfide) groups is 1. The minimum Gasteiger partial charge on any atom is -0.357 e. The predicted molar refractivity (Wildman–Crippen MR) is 95.1 cm³/mol. The minimum absolute atomic E-state index is 0.133. The molecule has 0 saturated carbocycles. The molecule has 0 bridgehead atoms. The highest BCUT2D eigenvalue weighted by atomic mass is 32.2. The van der Waals surface area contributed by atoms with Gasteiger partial charge in [-0.05, 0) is 18.9 Å². The zero-order chi connectivity index (χ0) is 16.2. The second kappa shape index (κ2) is 7.20. The summed E-state index contributed by atoms with van der Waals surface area (Å²) < 4.78 is 0. The Morgan fingerprint density at radius 3 is 2.83 bits per heavy atom. The van der Waals surface area contributed by atoms with Gasteiger partial charge in [-0.2, -0.15) is 5.26 Å². The van der Waals surface area contributed by atoms with E-state index in [9.17, 15) is 5.26 Å². The minimum atomic E-state index is -0.133. The van der Waals surface area contributed by atoms with Gasteiger partial charge in [-0.15, -0.1) is 0 Å². The standard InChI is InChI=1S/C16H22N6S/c1-3-21-4-6-22(7-5-21)15-8-14(18-11-19-15)13(9-17)16-20-12(2)10-23-16/h10-11,14,20H,3-8H2,1-2H3/b16-13-. The Kier molecular flexibility index (Phi) is 5.03. The van der Waals surface area contributed by atoms with Crippen LogP contribution < -0.4 is 5.32 Å². The molecule has 0 aromatic heterocycles. The molecule has 1 atom stereocenters. The molecule has 0 aromatic rings. The van der Waals surface area contributed by atoms with Gasteiger partial charge in [0.15, 0.2) is 0 Å². The monoisotopic (exact) mass is 330 g/mol. The molecule has 0 spiro atoms. The number of hydrogen-bond acceptors (Lipinski definition) is 7. The zero-order valence-electron chi connectivity index (χ0n) is 13.6. The lowest BCUT2D eigenvalue weighted by Crippen LogP contribution is -2.49. The number of aliphatic imine (C=N–C) groups is 2. The molecule has 1 N–H and O–H groups in total. The lowest BCUT2D eigenvalue weighted by atomic mass is 10.0. The van der Waals surface area contributed by atoms with Crippen LogP contribution in [0.4, 0.5) is 0 Å². The van der Waals surface area contributed by atoms with Crippen molar-refractivity contribution in [2.24, 2.45) is 9.98 Å². The molecular weight excluding hydrogens is 308 g/mol. The Morgan fingerprint density at radius 2 is 2.22 bits per heavy atom. The van der Waals surface area contributed by atoms with Crippen molar-refractivity contribution in [2.75, 3.05) is 32.7 Å². The summed E-state index contributed by atoms with van der Waals surface area (Å²) in [7, 11) is 0. The third kappa shape index (κ3) is 3.59. The third-order valence-electron chi connectivity index (χ3n) is 4.38. The van der Waals surface area contributed by atoms with Crippen LogP contribution in [0.25, 0.3) is 0 Å². The van der Waals surface area contributed by atoms with Crippen molar-refractivity contribution in [1.82, 2.24) is 15.1 Å². The fourth-order valence-electron chi connectivity index (χ4n) is 2.96. The van der Waals surface area contributed by atoms with Crippen molar-refractivity contribution in [3.8, 4) is 6.07 Å². The Labute approximate surface area is 141 Å². The number of allylic oxidation sites excluding steroid dienone is 1. The molecule has 0 aliphatic carbocycles. The van der Waals surface area contributed by atoms with Crippen molar-refractivity contribution >= 4 is 23.9 Å². The molecule has 1 fully saturated rings. The highest BCUT2D eigenvalue weighted by molar-refractivity contribution is 8.06. The zero-order valence-corrected chi connectivity index (χ0v) is 14.4. The van der Waals surface area contributed by atoms with Crippen LogP contribution in [0.15, 0.2) is 31.7 Å². The largest absolute Gasteiger partial charge is 0.357 e. The quantitative estimate of drug-likeness (QED) is 0.782. The molecule has 3 rings (SSSR count). The highest BCUT2D eigenvalue weighted by Gasteiger charge is 2.27. The molecular formula is C16H22N6S. The van der Waals surface area contributed by atoms with Crippen LogP contribution >= 0.6 is 11.8 Å². The van der Waals surface area contributed by atoms with Gasteiger partial charge in [0.25, 0.3) is 0 Å². The van der Waals surface area contributed by atoms with Gasteiger partial charge < -0.3 is 15.1 Å². The molecule has 3 aliphatic rings. The highest BCUT2D eigenvalue weighted by Crippen LogP contribution is 2.30. The van der Waals surface area contributed by atoms with Gasteiger partial charge in [0.1, 0.15) is 12.2 Å². The van der Waals surface area contributed by atoms with Crippen LogP contribution in [-0.4, -0.2) is 60.7 Å². The fourth-order valence-corrected chi connectivity index (χ4v) is 3.84. The van der Waals surface area contributed by atoms with Crippen molar-refractivity contribution in [3.05, 3.63) is 21.7 Å². The van der Waals surface area contributed by atoms with Gasteiger partial charge in [0.2, 0.25) is 0 Å². The lowest BCUT2D eigenvalue weighted by Gasteiger charge is -2.37. The first-order chi connectivity index (χ1) is 11.2. The number of likely N-dealkylation sites (N-methyl/N-ethyl adjacent to an activating group) is 1. The van der Waals surface area contributed by atoms with Crippen LogP contribution in [0, 0.1) is 11.3 Å². The van der Waals surface area contributed by atoms with E-state index in [0.29, 0.717) is 12.0 Å². The fraction of sp³-hybridized carbons (Fsp3) is 0.562. The summed E-state index contributed by atoms with van der Waals surface area (Å²) in [6.07, 6.45) is 2.32. The Hall–Kier alpha value is -1.78. The van der Waals surface area contributed by atoms with E-state index >= 15 is 0 Å². The summed E-state index contributed by atoms with van der Waals surface area (Å²) in [6, 6.07) is 2.21. The van der Waals surface area contributed by atoms with E-state index in [1.54, 1.807) is 18.1 Å². The molecule has 0 radical (unpaired) electrons. The van der Waals surface area contributed by atoms with E-state index in [-0.39, 0.29) is 6.04 Å². The second-order valence-electron chi connectivity index (χ2n) is 5.85. The van der Waals surface area contributed by atoms with Crippen LogP contribution in [0.5, 0.6) is 0 Å². The number of amidine groups is 1. The summed E-state index contributed by atoms with van der Waals surface area (Å²) in [5.74, 6) is 1.06. The second-order valence-corrected chi connectivity index (χ2v) is 6.73. The molecule has 6 nitrogen and oxygen atoms in total. The molecule has 1 unspecified atom stereocenters. The van der Waals surface area contributed by atoms with Gasteiger partial charge in [0, 0.05) is 38.3 Å². The van der Waals surface area contributed by atoms with E-state index in [2.05, 4.69) is 38.1 Å². The van der Waals surface area contributed by atoms with E-state index in [4.69, 9.17) is 0 Å². The Balaban J connectivity index is 1.68. The van der Waals surface area contributed by atoms with E-state index in [1.807, 2.05) is 12.3 Å². The van der Waals surface area contributed by atoms with E-state index in [1.165, 1.54) is 0 Å². The van der Waals surface area contributed by atoms with Crippen LogP contribution in [0.3, 0.4) is 0 Å². The van der Waals surface area contributed by atoms with Gasteiger partial charge in [-0.3, -0.25) is 4.99 Å². The van der Waals surface area contributed by atoms with E-state index < -0.39 is 0 Å². The topological polar surface area (TPSA) is 67.0 Å². The van der Waals surface area contributed by atoms with Gasteiger partial charge in [-0.25, -0.2) is 4.99 Å². The summed E-state index contributed by atoms with van der Waals surface area (Å²) in [6.45, 7) is 9.44. The number of nitrogens with zero attached hydrogens (tertiary/aromatic N) is 5. The molecule has 7 heteroatoms. The number of hydrogen-bond donors (Lipinski definition) is 1. The summed E-state index contributed by atoms with van der Waals surface area (Å²) in [5, 5.41) is 15.8. The Bertz CT molecular complexity index is 619. The van der Waals surface area contributed by atoms with Crippen LogP contribution in [0.1, 0.15) is 20.3 Å². The Morgan fingerprint density at radius 1 is 1.43 bits per heavy atom. The van der Waals surface area contributed by atoms with Gasteiger partial charge >= 0.3 is 0 Å². The summed E-state index contributed by atoms with van der Waals surface area (Å²) in [5.41, 5.74) is 1.78. The van der Waals surface area contributed by atoms with Gasteiger partial charge in [-0.1, -0.05) is 18.7 Å². The third-order valence-corrected chi connectivity index (χ3v) is 5.41.